The molecule has 0 aromatic heterocycles. The number of amidine groups is 1. The van der Waals surface area contributed by atoms with Crippen LogP contribution in [0.1, 0.15) is 48.5 Å². The van der Waals surface area contributed by atoms with Crippen molar-refractivity contribution in [3.8, 4) is 0 Å². The lowest BCUT2D eigenvalue weighted by Gasteiger charge is -2.48. The Kier molecular flexibility index (Phi) is 2.75. The molecule has 0 spiro atoms. The second-order valence-corrected chi connectivity index (χ2v) is 5.61. The van der Waals surface area contributed by atoms with Crippen LogP contribution in [0.3, 0.4) is 0 Å². The summed E-state index contributed by atoms with van der Waals surface area (Å²) in [6, 6.07) is 0. The second-order valence-electron chi connectivity index (χ2n) is 5.61. The highest BCUT2D eigenvalue weighted by atomic mass is 15.2. The van der Waals surface area contributed by atoms with Crippen molar-refractivity contribution in [1.82, 2.24) is 4.90 Å². The van der Waals surface area contributed by atoms with E-state index < -0.39 is 0 Å². The van der Waals surface area contributed by atoms with Crippen molar-refractivity contribution in [3.63, 3.8) is 0 Å². The summed E-state index contributed by atoms with van der Waals surface area (Å²) in [6.07, 6.45) is 0. The molecule has 0 amide bonds. The highest BCUT2D eigenvalue weighted by Gasteiger charge is 2.43. The van der Waals surface area contributed by atoms with Gasteiger partial charge in [0.15, 0.2) is 0 Å². The monoisotopic (exact) mass is 208 g/mol. The first kappa shape index (κ1) is 12.3. The van der Waals surface area contributed by atoms with E-state index in [0.29, 0.717) is 0 Å². The third-order valence-electron chi connectivity index (χ3n) is 4.66. The molecule has 2 heteroatoms. The van der Waals surface area contributed by atoms with Crippen molar-refractivity contribution in [2.45, 2.75) is 54.0 Å². The minimum absolute atomic E-state index is 0.0857. The zero-order chi connectivity index (χ0) is 12.0. The Labute approximate surface area is 94.1 Å². The van der Waals surface area contributed by atoms with Crippen molar-refractivity contribution in [2.24, 2.45) is 10.4 Å². The molecule has 0 atom stereocenters. The Bertz CT molecular complexity index is 332. The minimum atomic E-state index is 0.0857. The van der Waals surface area contributed by atoms with Crippen molar-refractivity contribution < 1.29 is 0 Å². The van der Waals surface area contributed by atoms with Crippen molar-refractivity contribution in [3.05, 3.63) is 11.3 Å². The van der Waals surface area contributed by atoms with Crippen LogP contribution in [0.5, 0.6) is 0 Å². The third kappa shape index (κ3) is 1.60. The van der Waals surface area contributed by atoms with Gasteiger partial charge in [-0.15, -0.1) is 0 Å². The van der Waals surface area contributed by atoms with E-state index >= 15 is 0 Å². The summed E-state index contributed by atoms with van der Waals surface area (Å²) in [5.41, 5.74) is 2.77. The van der Waals surface area contributed by atoms with Gasteiger partial charge in [0.05, 0.1) is 0 Å². The molecule has 0 unspecified atom stereocenters. The molecule has 86 valence electrons. The first-order chi connectivity index (χ1) is 6.62. The van der Waals surface area contributed by atoms with Crippen LogP contribution >= 0.6 is 0 Å². The van der Waals surface area contributed by atoms with Crippen molar-refractivity contribution >= 4 is 5.84 Å². The van der Waals surface area contributed by atoms with E-state index in [1.807, 2.05) is 0 Å². The van der Waals surface area contributed by atoms with Crippen LogP contribution in [0.15, 0.2) is 16.3 Å². The maximum absolute atomic E-state index is 4.65. The molecule has 1 aliphatic heterocycles. The van der Waals surface area contributed by atoms with Crippen LogP contribution in [0.4, 0.5) is 0 Å². The van der Waals surface area contributed by atoms with Gasteiger partial charge in [0.2, 0.25) is 0 Å². The Balaban J connectivity index is 3.42. The van der Waals surface area contributed by atoms with Gasteiger partial charge in [-0.3, -0.25) is 0 Å². The molecule has 0 bridgehead atoms. The van der Waals surface area contributed by atoms with Gasteiger partial charge in [0.25, 0.3) is 0 Å². The van der Waals surface area contributed by atoms with E-state index in [0.717, 1.165) is 11.5 Å². The van der Waals surface area contributed by atoms with Gasteiger partial charge >= 0.3 is 0 Å². The van der Waals surface area contributed by atoms with E-state index in [9.17, 15) is 0 Å². The zero-order valence-electron chi connectivity index (χ0n) is 11.4. The summed E-state index contributed by atoms with van der Waals surface area (Å²) >= 11 is 0. The van der Waals surface area contributed by atoms with E-state index in [4.69, 9.17) is 0 Å². The quantitative estimate of drug-likeness (QED) is 0.595. The summed E-state index contributed by atoms with van der Waals surface area (Å²) in [7, 11) is 2.13. The van der Waals surface area contributed by atoms with Gasteiger partial charge in [0, 0.05) is 23.7 Å². The standard InChI is InChI=1S/C13H24N2/c1-9-10(2)14-11(3)15(8)13(6,7)12(9,4)5/h1-8H3. The maximum Gasteiger partial charge on any atom is 0.101 e. The highest BCUT2D eigenvalue weighted by molar-refractivity contribution is 5.82. The minimum Gasteiger partial charge on any atom is -0.357 e. The molecule has 0 saturated carbocycles. The second kappa shape index (κ2) is 3.36. The molecule has 0 fully saturated rings. The third-order valence-corrected chi connectivity index (χ3v) is 4.66. The Morgan fingerprint density at radius 1 is 1.00 bits per heavy atom. The van der Waals surface area contributed by atoms with Gasteiger partial charge in [0.1, 0.15) is 5.84 Å². The van der Waals surface area contributed by atoms with Gasteiger partial charge in [-0.25, -0.2) is 4.99 Å². The maximum atomic E-state index is 4.65. The smallest absolute Gasteiger partial charge is 0.101 e. The number of hydrogen-bond acceptors (Lipinski definition) is 2. The summed E-state index contributed by atoms with van der Waals surface area (Å²) in [6.45, 7) is 15.6. The Morgan fingerprint density at radius 3 is 1.93 bits per heavy atom. The fourth-order valence-corrected chi connectivity index (χ4v) is 2.14. The molecule has 0 radical (unpaired) electrons. The summed E-state index contributed by atoms with van der Waals surface area (Å²) in [5.74, 6) is 1.10. The van der Waals surface area contributed by atoms with Crippen LogP contribution < -0.4 is 0 Å². The molecular formula is C13H24N2. The highest BCUT2D eigenvalue weighted by Crippen LogP contribution is 2.44. The predicted octanol–water partition coefficient (Wildman–Crippen LogP) is 3.45. The molecule has 0 saturated heterocycles. The van der Waals surface area contributed by atoms with Gasteiger partial charge < -0.3 is 4.90 Å². The average molecular weight is 208 g/mol. The van der Waals surface area contributed by atoms with Crippen molar-refractivity contribution in [2.75, 3.05) is 7.05 Å². The molecule has 15 heavy (non-hydrogen) atoms. The largest absolute Gasteiger partial charge is 0.357 e. The van der Waals surface area contributed by atoms with Crippen molar-refractivity contribution in [1.29, 1.82) is 0 Å². The van der Waals surface area contributed by atoms with Gasteiger partial charge in [-0.05, 0) is 40.2 Å². The SMILES string of the molecule is CC1=NC(C)=C(C)C(C)(C)C(C)(C)N1C. The van der Waals surface area contributed by atoms with Gasteiger partial charge in [-0.1, -0.05) is 13.8 Å². The lowest BCUT2D eigenvalue weighted by atomic mass is 9.68. The number of nitrogens with zero attached hydrogens (tertiary/aromatic N) is 2. The van der Waals surface area contributed by atoms with Crippen LogP contribution in [-0.4, -0.2) is 23.3 Å². The first-order valence-electron chi connectivity index (χ1n) is 5.59. The van der Waals surface area contributed by atoms with E-state index in [1.54, 1.807) is 0 Å². The summed E-state index contributed by atoms with van der Waals surface area (Å²) in [4.78, 5) is 6.94. The molecule has 0 aromatic carbocycles. The molecule has 2 nitrogen and oxygen atoms in total. The van der Waals surface area contributed by atoms with E-state index in [1.165, 1.54) is 5.57 Å². The topological polar surface area (TPSA) is 15.6 Å². The average Bonchev–Trinajstić information content (AvgIpc) is 2.15. The molecule has 0 N–H and O–H groups in total. The number of aliphatic imine (C=N–C) groups is 1. The molecule has 1 aliphatic rings. The van der Waals surface area contributed by atoms with Crippen LogP contribution in [0, 0.1) is 5.41 Å². The lowest BCUT2D eigenvalue weighted by molar-refractivity contribution is 0.115. The molecule has 1 rings (SSSR count). The van der Waals surface area contributed by atoms with Gasteiger partial charge in [-0.2, -0.15) is 0 Å². The summed E-state index contributed by atoms with van der Waals surface area (Å²) in [5, 5.41) is 0. The molecular weight excluding hydrogens is 184 g/mol. The van der Waals surface area contributed by atoms with Crippen LogP contribution in [-0.2, 0) is 0 Å². The Morgan fingerprint density at radius 2 is 1.47 bits per heavy atom. The van der Waals surface area contributed by atoms with Crippen LogP contribution in [0.2, 0.25) is 0 Å². The fraction of sp³-hybridized carbons (Fsp3) is 0.769. The van der Waals surface area contributed by atoms with E-state index in [-0.39, 0.29) is 11.0 Å². The molecule has 1 heterocycles. The fourth-order valence-electron chi connectivity index (χ4n) is 2.14. The summed E-state index contributed by atoms with van der Waals surface area (Å²) < 4.78 is 0. The lowest BCUT2D eigenvalue weighted by Crippen LogP contribution is -2.53. The molecule has 0 aliphatic carbocycles. The predicted molar refractivity (Wildman–Crippen MR) is 67.1 cm³/mol. The normalized spacial score (nSPS) is 25.1. The zero-order valence-corrected chi connectivity index (χ0v) is 11.4. The number of hydrogen-bond donors (Lipinski definition) is 0. The molecule has 0 aromatic rings. The Hall–Kier alpha value is -0.790. The first-order valence-corrected chi connectivity index (χ1v) is 5.59. The van der Waals surface area contributed by atoms with E-state index in [2.05, 4.69) is 65.4 Å². The van der Waals surface area contributed by atoms with Crippen LogP contribution in [0.25, 0.3) is 0 Å². The number of rotatable bonds is 0. The number of allylic oxidation sites excluding steroid dienone is 1.